The first-order valence-corrected chi connectivity index (χ1v) is 9.65. The maximum Gasteiger partial charge on any atom is 0.0900 e. The van der Waals surface area contributed by atoms with Gasteiger partial charge in [0.1, 0.15) is 0 Å². The lowest BCUT2D eigenvalue weighted by Gasteiger charge is -2.26. The van der Waals surface area contributed by atoms with E-state index in [-0.39, 0.29) is 0 Å². The molecule has 2 aromatic rings. The minimum Gasteiger partial charge on any atom is -0.389 e. The molecule has 0 aliphatic heterocycles. The Kier molecular flexibility index (Phi) is 9.50. The highest BCUT2D eigenvalue weighted by Crippen LogP contribution is 2.14. The van der Waals surface area contributed by atoms with Crippen molar-refractivity contribution in [2.45, 2.75) is 39.5 Å². The fourth-order valence-corrected chi connectivity index (χ4v) is 3.12. The summed E-state index contributed by atoms with van der Waals surface area (Å²) >= 11 is 0. The summed E-state index contributed by atoms with van der Waals surface area (Å²) in [4.78, 5) is 2.29. The second-order valence-corrected chi connectivity index (χ2v) is 7.17. The molecule has 0 amide bonds. The number of aryl methyl sites for hydroxylation is 2. The topological polar surface area (TPSA) is 41.9 Å². The van der Waals surface area contributed by atoms with Crippen molar-refractivity contribution < 1.29 is 14.6 Å². The van der Waals surface area contributed by atoms with Gasteiger partial charge in [-0.1, -0.05) is 54.1 Å². The third-order valence-electron chi connectivity index (χ3n) is 4.61. The molecule has 4 nitrogen and oxygen atoms in total. The molecule has 0 heterocycles. The van der Waals surface area contributed by atoms with E-state index in [9.17, 15) is 5.11 Å². The molecule has 2 rings (SSSR count). The number of hydrogen-bond donors (Lipinski definition) is 1. The smallest absolute Gasteiger partial charge is 0.0900 e. The molecule has 0 saturated carbocycles. The van der Waals surface area contributed by atoms with Crippen molar-refractivity contribution in [3.63, 3.8) is 0 Å². The summed E-state index contributed by atoms with van der Waals surface area (Å²) in [6.45, 7) is 8.15. The summed E-state index contributed by atoms with van der Waals surface area (Å²) < 4.78 is 10.9. The largest absolute Gasteiger partial charge is 0.389 e. The summed E-state index contributed by atoms with van der Waals surface area (Å²) in [5, 5.41) is 10.5. The van der Waals surface area contributed by atoms with Crippen molar-refractivity contribution >= 4 is 0 Å². The highest BCUT2D eigenvalue weighted by atomic mass is 16.5. The van der Waals surface area contributed by atoms with E-state index in [4.69, 9.17) is 9.47 Å². The molecule has 1 unspecified atom stereocenters. The summed E-state index contributed by atoms with van der Waals surface area (Å²) in [7, 11) is 1.72. The molecule has 0 spiro atoms. The monoisotopic (exact) mass is 371 g/mol. The van der Waals surface area contributed by atoms with Gasteiger partial charge in [-0.05, 0) is 37.0 Å². The number of aliphatic hydroxyl groups excluding tert-OH is 1. The van der Waals surface area contributed by atoms with E-state index in [2.05, 4.69) is 36.9 Å². The van der Waals surface area contributed by atoms with E-state index in [0.717, 1.165) is 31.7 Å². The third-order valence-corrected chi connectivity index (χ3v) is 4.61. The lowest BCUT2D eigenvalue weighted by atomic mass is 10.0. The molecule has 1 N–H and O–H groups in total. The van der Waals surface area contributed by atoms with Gasteiger partial charge in [0.15, 0.2) is 0 Å². The molecule has 4 heteroatoms. The van der Waals surface area contributed by atoms with E-state index in [1.807, 2.05) is 30.3 Å². The Balaban J connectivity index is 1.87. The van der Waals surface area contributed by atoms with Crippen LogP contribution in [-0.2, 0) is 22.6 Å². The first-order valence-electron chi connectivity index (χ1n) is 9.65. The molecule has 0 aromatic heterocycles. The first kappa shape index (κ1) is 21.6. The second kappa shape index (κ2) is 11.9. The number of rotatable bonds is 12. The maximum absolute atomic E-state index is 10.5. The van der Waals surface area contributed by atoms with Gasteiger partial charge in [-0.2, -0.15) is 0 Å². The van der Waals surface area contributed by atoms with Crippen LogP contribution in [0.3, 0.4) is 0 Å². The van der Waals surface area contributed by atoms with E-state index in [1.165, 1.54) is 16.7 Å². The molecule has 0 fully saturated rings. The molecule has 0 aliphatic rings. The van der Waals surface area contributed by atoms with Crippen molar-refractivity contribution in [1.29, 1.82) is 0 Å². The van der Waals surface area contributed by atoms with Crippen LogP contribution in [0.4, 0.5) is 0 Å². The average Bonchev–Trinajstić information content (AvgIpc) is 2.65. The molecule has 27 heavy (non-hydrogen) atoms. The summed E-state index contributed by atoms with van der Waals surface area (Å²) in [5.41, 5.74) is 4.98. The zero-order chi connectivity index (χ0) is 19.5. The van der Waals surface area contributed by atoms with Crippen LogP contribution in [0.15, 0.2) is 48.5 Å². The first-order chi connectivity index (χ1) is 13.1. The van der Waals surface area contributed by atoms with Gasteiger partial charge in [0.2, 0.25) is 0 Å². The van der Waals surface area contributed by atoms with Crippen molar-refractivity contribution in [3.05, 3.63) is 70.8 Å². The average molecular weight is 372 g/mol. The Hall–Kier alpha value is -1.72. The summed E-state index contributed by atoms with van der Waals surface area (Å²) in [6.07, 6.45) is 0.431. The van der Waals surface area contributed by atoms with Crippen molar-refractivity contribution in [2.24, 2.45) is 0 Å². The lowest BCUT2D eigenvalue weighted by Crippen LogP contribution is -2.35. The molecular weight excluding hydrogens is 338 g/mol. The highest BCUT2D eigenvalue weighted by molar-refractivity contribution is 5.30. The second-order valence-electron chi connectivity index (χ2n) is 7.17. The van der Waals surface area contributed by atoms with E-state index < -0.39 is 6.10 Å². The van der Waals surface area contributed by atoms with Crippen LogP contribution in [0.2, 0.25) is 0 Å². The van der Waals surface area contributed by atoms with Gasteiger partial charge in [0.05, 0.1) is 19.3 Å². The Labute approximate surface area is 163 Å². The van der Waals surface area contributed by atoms with Gasteiger partial charge in [0, 0.05) is 33.4 Å². The number of methoxy groups -OCH3 is 1. The number of hydrogen-bond acceptors (Lipinski definition) is 4. The van der Waals surface area contributed by atoms with Crippen molar-refractivity contribution in [3.8, 4) is 0 Å². The minimum absolute atomic E-state index is 0.336. The molecule has 0 saturated heterocycles. The molecule has 2 aromatic carbocycles. The maximum atomic E-state index is 10.5. The number of aliphatic hydroxyl groups is 1. The molecular formula is C23H33NO3. The Morgan fingerprint density at radius 1 is 1.07 bits per heavy atom. The standard InChI is InChI=1S/C23H33NO3/c1-19-10-11-20(2)22(14-19)15-24(12-7-13-26-3)16-23(25)18-27-17-21-8-5-4-6-9-21/h4-6,8-11,14,23,25H,7,12-13,15-18H2,1-3H3. The third kappa shape index (κ3) is 8.22. The van der Waals surface area contributed by atoms with Gasteiger partial charge in [0.25, 0.3) is 0 Å². The van der Waals surface area contributed by atoms with E-state index in [0.29, 0.717) is 19.8 Å². The number of benzene rings is 2. The van der Waals surface area contributed by atoms with Gasteiger partial charge < -0.3 is 14.6 Å². The van der Waals surface area contributed by atoms with Crippen LogP contribution >= 0.6 is 0 Å². The minimum atomic E-state index is -0.513. The van der Waals surface area contributed by atoms with E-state index >= 15 is 0 Å². The quantitative estimate of drug-likeness (QED) is 0.578. The molecule has 0 radical (unpaired) electrons. The normalized spacial score (nSPS) is 12.5. The van der Waals surface area contributed by atoms with Crippen LogP contribution in [0.5, 0.6) is 0 Å². The zero-order valence-corrected chi connectivity index (χ0v) is 16.9. The molecule has 148 valence electrons. The summed E-state index contributed by atoms with van der Waals surface area (Å²) in [5.74, 6) is 0. The highest BCUT2D eigenvalue weighted by Gasteiger charge is 2.14. The van der Waals surface area contributed by atoms with Crippen LogP contribution < -0.4 is 0 Å². The SMILES string of the molecule is COCCCN(Cc1cc(C)ccc1C)CC(O)COCc1ccccc1. The zero-order valence-electron chi connectivity index (χ0n) is 16.9. The van der Waals surface area contributed by atoms with Gasteiger partial charge >= 0.3 is 0 Å². The van der Waals surface area contributed by atoms with Crippen molar-refractivity contribution in [2.75, 3.05) is 33.4 Å². The predicted octanol–water partition coefficient (Wildman–Crippen LogP) is 3.72. The lowest BCUT2D eigenvalue weighted by molar-refractivity contribution is 0.00736. The van der Waals surface area contributed by atoms with Crippen molar-refractivity contribution in [1.82, 2.24) is 4.90 Å². The van der Waals surface area contributed by atoms with Gasteiger partial charge in [-0.15, -0.1) is 0 Å². The van der Waals surface area contributed by atoms with Crippen LogP contribution in [0.1, 0.15) is 28.7 Å². The fraction of sp³-hybridized carbons (Fsp3) is 0.478. The van der Waals surface area contributed by atoms with Crippen LogP contribution in [0, 0.1) is 13.8 Å². The number of ether oxygens (including phenoxy) is 2. The Morgan fingerprint density at radius 3 is 2.59 bits per heavy atom. The van der Waals surface area contributed by atoms with E-state index in [1.54, 1.807) is 7.11 Å². The Bertz CT molecular complexity index is 660. The van der Waals surface area contributed by atoms with Gasteiger partial charge in [-0.25, -0.2) is 0 Å². The molecule has 1 atom stereocenters. The molecule has 0 bridgehead atoms. The Morgan fingerprint density at radius 2 is 1.85 bits per heavy atom. The predicted molar refractivity (Wildman–Crippen MR) is 110 cm³/mol. The summed E-state index contributed by atoms with van der Waals surface area (Å²) in [6, 6.07) is 16.6. The van der Waals surface area contributed by atoms with Gasteiger partial charge in [-0.3, -0.25) is 4.90 Å². The number of nitrogens with zero attached hydrogens (tertiary/aromatic N) is 1. The van der Waals surface area contributed by atoms with Crippen LogP contribution in [-0.4, -0.2) is 49.5 Å². The molecule has 0 aliphatic carbocycles. The fourth-order valence-electron chi connectivity index (χ4n) is 3.12. The van der Waals surface area contributed by atoms with Crippen LogP contribution in [0.25, 0.3) is 0 Å².